The molecular weight excluding hydrogens is 188 g/mol. The van der Waals surface area contributed by atoms with Crippen molar-refractivity contribution in [1.29, 1.82) is 0 Å². The first kappa shape index (κ1) is 11.4. The molecule has 0 aromatic heterocycles. The molecule has 0 radical (unpaired) electrons. The van der Waals surface area contributed by atoms with Crippen molar-refractivity contribution in [3.8, 4) is 0 Å². The van der Waals surface area contributed by atoms with E-state index in [9.17, 15) is 5.11 Å². The molecule has 1 aliphatic heterocycles. The zero-order valence-electron chi connectivity index (χ0n) is 9.87. The number of hydrogen-bond acceptors (Lipinski definition) is 2. The molecule has 2 aliphatic rings. The summed E-state index contributed by atoms with van der Waals surface area (Å²) < 4.78 is 5.89. The van der Waals surface area contributed by atoms with Crippen molar-refractivity contribution < 1.29 is 9.84 Å². The van der Waals surface area contributed by atoms with E-state index in [1.165, 1.54) is 25.7 Å². The standard InChI is InChI=1S/C13H24O2/c1-2-4-12(14)9-11-5-8-15-13(10-11)6-3-7-13/h11-12,14H,2-10H2,1H3. The molecule has 2 fully saturated rings. The van der Waals surface area contributed by atoms with Crippen LogP contribution in [-0.2, 0) is 4.74 Å². The lowest BCUT2D eigenvalue weighted by Gasteiger charge is -2.47. The summed E-state index contributed by atoms with van der Waals surface area (Å²) in [6.45, 7) is 3.06. The molecule has 0 aromatic carbocycles. The Hall–Kier alpha value is -0.0800. The van der Waals surface area contributed by atoms with Crippen LogP contribution in [0.5, 0.6) is 0 Å². The van der Waals surface area contributed by atoms with Crippen molar-refractivity contribution >= 4 is 0 Å². The van der Waals surface area contributed by atoms with Crippen LogP contribution in [0.2, 0.25) is 0 Å². The predicted octanol–water partition coefficient (Wildman–Crippen LogP) is 2.89. The molecule has 1 heterocycles. The Balaban J connectivity index is 1.77. The van der Waals surface area contributed by atoms with Gasteiger partial charge in [0, 0.05) is 6.61 Å². The molecule has 1 saturated carbocycles. The van der Waals surface area contributed by atoms with Gasteiger partial charge in [0.2, 0.25) is 0 Å². The summed E-state index contributed by atoms with van der Waals surface area (Å²) in [5.41, 5.74) is 0.245. The Morgan fingerprint density at radius 1 is 1.47 bits per heavy atom. The average molecular weight is 212 g/mol. The van der Waals surface area contributed by atoms with E-state index in [-0.39, 0.29) is 11.7 Å². The maximum absolute atomic E-state index is 9.82. The highest BCUT2D eigenvalue weighted by molar-refractivity contribution is 4.94. The Morgan fingerprint density at radius 2 is 2.27 bits per heavy atom. The molecule has 1 aliphatic carbocycles. The summed E-state index contributed by atoms with van der Waals surface area (Å²) in [6.07, 6.45) is 9.19. The van der Waals surface area contributed by atoms with Crippen molar-refractivity contribution in [3.05, 3.63) is 0 Å². The van der Waals surface area contributed by atoms with Crippen molar-refractivity contribution in [2.24, 2.45) is 5.92 Å². The first-order valence-corrected chi connectivity index (χ1v) is 6.56. The fraction of sp³-hybridized carbons (Fsp3) is 1.00. The highest BCUT2D eigenvalue weighted by Crippen LogP contribution is 2.45. The Morgan fingerprint density at radius 3 is 2.87 bits per heavy atom. The lowest BCUT2D eigenvalue weighted by Crippen LogP contribution is -2.46. The van der Waals surface area contributed by atoms with Crippen LogP contribution in [0.25, 0.3) is 0 Å². The molecule has 1 saturated heterocycles. The largest absolute Gasteiger partial charge is 0.393 e. The third kappa shape index (κ3) is 2.73. The Kier molecular flexibility index (Phi) is 3.68. The summed E-state index contributed by atoms with van der Waals surface area (Å²) in [4.78, 5) is 0. The molecule has 88 valence electrons. The third-order valence-corrected chi connectivity index (χ3v) is 4.09. The second-order valence-corrected chi connectivity index (χ2v) is 5.42. The van der Waals surface area contributed by atoms with E-state index in [0.717, 1.165) is 32.3 Å². The van der Waals surface area contributed by atoms with Crippen molar-refractivity contribution in [2.45, 2.75) is 70.0 Å². The summed E-state index contributed by atoms with van der Waals surface area (Å²) in [7, 11) is 0. The summed E-state index contributed by atoms with van der Waals surface area (Å²) in [6, 6.07) is 0. The number of hydrogen-bond donors (Lipinski definition) is 1. The SMILES string of the molecule is CCCC(O)CC1CCOC2(CCC2)C1. The lowest BCUT2D eigenvalue weighted by atomic mass is 9.71. The first-order chi connectivity index (χ1) is 7.24. The molecule has 2 atom stereocenters. The van der Waals surface area contributed by atoms with Crippen molar-refractivity contribution in [2.75, 3.05) is 6.61 Å². The second-order valence-electron chi connectivity index (χ2n) is 5.42. The summed E-state index contributed by atoms with van der Waals surface area (Å²) in [5, 5.41) is 9.82. The van der Waals surface area contributed by atoms with E-state index < -0.39 is 0 Å². The Bertz CT molecular complexity index is 199. The van der Waals surface area contributed by atoms with Gasteiger partial charge in [-0.2, -0.15) is 0 Å². The zero-order chi connectivity index (χ0) is 10.7. The van der Waals surface area contributed by atoms with Crippen LogP contribution in [0.4, 0.5) is 0 Å². The zero-order valence-corrected chi connectivity index (χ0v) is 9.87. The van der Waals surface area contributed by atoms with Crippen LogP contribution in [0.1, 0.15) is 58.3 Å². The van der Waals surface area contributed by atoms with Gasteiger partial charge in [0.1, 0.15) is 0 Å². The smallest absolute Gasteiger partial charge is 0.0685 e. The Labute approximate surface area is 93.0 Å². The molecule has 2 nitrogen and oxygen atoms in total. The average Bonchev–Trinajstić information content (AvgIpc) is 2.16. The normalized spacial score (nSPS) is 31.2. The first-order valence-electron chi connectivity index (χ1n) is 6.56. The van der Waals surface area contributed by atoms with Gasteiger partial charge in [-0.15, -0.1) is 0 Å². The lowest BCUT2D eigenvalue weighted by molar-refractivity contribution is -0.146. The van der Waals surface area contributed by atoms with Gasteiger partial charge in [-0.1, -0.05) is 13.3 Å². The van der Waals surface area contributed by atoms with Gasteiger partial charge >= 0.3 is 0 Å². The molecule has 1 spiro atoms. The van der Waals surface area contributed by atoms with Crippen LogP contribution in [0, 0.1) is 5.92 Å². The van der Waals surface area contributed by atoms with Gasteiger partial charge in [0.05, 0.1) is 11.7 Å². The maximum Gasteiger partial charge on any atom is 0.0685 e. The topological polar surface area (TPSA) is 29.5 Å². The van der Waals surface area contributed by atoms with Crippen LogP contribution in [0.15, 0.2) is 0 Å². The molecule has 0 aromatic rings. The number of ether oxygens (including phenoxy) is 1. The van der Waals surface area contributed by atoms with Gasteiger partial charge in [-0.25, -0.2) is 0 Å². The molecule has 2 unspecified atom stereocenters. The van der Waals surface area contributed by atoms with Gasteiger partial charge in [-0.3, -0.25) is 0 Å². The molecule has 2 heteroatoms. The van der Waals surface area contributed by atoms with Crippen LogP contribution >= 0.6 is 0 Å². The fourth-order valence-corrected chi connectivity index (χ4v) is 3.09. The van der Waals surface area contributed by atoms with E-state index in [1.54, 1.807) is 0 Å². The monoisotopic (exact) mass is 212 g/mol. The molecule has 15 heavy (non-hydrogen) atoms. The second kappa shape index (κ2) is 4.84. The van der Waals surface area contributed by atoms with E-state index in [1.807, 2.05) is 0 Å². The minimum atomic E-state index is -0.0739. The minimum Gasteiger partial charge on any atom is -0.393 e. The highest BCUT2D eigenvalue weighted by atomic mass is 16.5. The van der Waals surface area contributed by atoms with E-state index >= 15 is 0 Å². The number of rotatable bonds is 4. The third-order valence-electron chi connectivity index (χ3n) is 4.09. The predicted molar refractivity (Wildman–Crippen MR) is 60.8 cm³/mol. The quantitative estimate of drug-likeness (QED) is 0.776. The molecule has 1 N–H and O–H groups in total. The summed E-state index contributed by atoms with van der Waals surface area (Å²) in [5.74, 6) is 0.709. The van der Waals surface area contributed by atoms with Crippen molar-refractivity contribution in [3.63, 3.8) is 0 Å². The molecule has 0 bridgehead atoms. The van der Waals surface area contributed by atoms with E-state index in [4.69, 9.17) is 4.74 Å². The molecule has 0 amide bonds. The van der Waals surface area contributed by atoms with E-state index in [2.05, 4.69) is 6.92 Å². The van der Waals surface area contributed by atoms with Gasteiger partial charge in [0.15, 0.2) is 0 Å². The minimum absolute atomic E-state index is 0.0739. The van der Waals surface area contributed by atoms with E-state index in [0.29, 0.717) is 5.92 Å². The summed E-state index contributed by atoms with van der Waals surface area (Å²) >= 11 is 0. The van der Waals surface area contributed by atoms with Crippen LogP contribution < -0.4 is 0 Å². The van der Waals surface area contributed by atoms with Gasteiger partial charge in [0.25, 0.3) is 0 Å². The fourth-order valence-electron chi connectivity index (χ4n) is 3.09. The molecule has 2 rings (SSSR count). The van der Waals surface area contributed by atoms with Gasteiger partial charge < -0.3 is 9.84 Å². The molecular formula is C13H24O2. The van der Waals surface area contributed by atoms with Crippen molar-refractivity contribution in [1.82, 2.24) is 0 Å². The van der Waals surface area contributed by atoms with Crippen LogP contribution in [0.3, 0.4) is 0 Å². The van der Waals surface area contributed by atoms with Gasteiger partial charge in [-0.05, 0) is 50.9 Å². The number of aliphatic hydroxyl groups excluding tert-OH is 1. The highest BCUT2D eigenvalue weighted by Gasteiger charge is 2.42. The maximum atomic E-state index is 9.82. The number of aliphatic hydroxyl groups is 1. The van der Waals surface area contributed by atoms with Crippen LogP contribution in [-0.4, -0.2) is 23.4 Å².